The van der Waals surface area contributed by atoms with Crippen molar-refractivity contribution < 1.29 is 5.48 Å². The molecule has 0 saturated carbocycles. The average Bonchev–Trinajstić information content (AvgIpc) is 1.41. The van der Waals surface area contributed by atoms with Gasteiger partial charge in [0.2, 0.25) is 0 Å². The lowest BCUT2D eigenvalue weighted by molar-refractivity contribution is 0.824. The molecule has 0 aliphatic heterocycles. The maximum Gasteiger partial charge on any atom is 0.190 e. The molecule has 4 heteroatoms. The Balaban J connectivity index is 0. The molecule has 0 amide bonds. The molecule has 32 valence electrons. The van der Waals surface area contributed by atoms with E-state index in [2.05, 4.69) is 0 Å². The minimum absolute atomic E-state index is 0. The van der Waals surface area contributed by atoms with Crippen LogP contribution in [0.15, 0.2) is 0 Å². The molecule has 0 bridgehead atoms. The highest BCUT2D eigenvalue weighted by Crippen LogP contribution is 1.28. The summed E-state index contributed by atoms with van der Waals surface area (Å²) < 4.78 is 0. The SMILES string of the molecule is N#CNC#N.O. The molecule has 0 aromatic heterocycles. The van der Waals surface area contributed by atoms with Crippen molar-refractivity contribution in [3.05, 3.63) is 0 Å². The second-order valence-corrected chi connectivity index (χ2v) is 0.349. The molecule has 0 heterocycles. The lowest BCUT2D eigenvalue weighted by Gasteiger charge is -1.56. The summed E-state index contributed by atoms with van der Waals surface area (Å²) in [5, 5.41) is 16.7. The minimum atomic E-state index is 0. The fourth-order valence-corrected chi connectivity index (χ4v) is 0.0250. The van der Waals surface area contributed by atoms with E-state index in [-0.39, 0.29) is 5.48 Å². The molecule has 3 N–H and O–H groups in total. The Morgan fingerprint density at radius 1 is 1.17 bits per heavy atom. The third-order valence-electron chi connectivity index (χ3n) is 0.112. The van der Waals surface area contributed by atoms with Gasteiger partial charge in [-0.15, -0.1) is 0 Å². The molecule has 0 aliphatic rings. The number of rotatable bonds is 0. The first-order valence-electron chi connectivity index (χ1n) is 0.947. The Kier molecular flexibility index (Phi) is 13.7. The van der Waals surface area contributed by atoms with E-state index in [1.165, 1.54) is 12.4 Å². The molecule has 0 aromatic rings. The van der Waals surface area contributed by atoms with Crippen molar-refractivity contribution in [3.8, 4) is 12.4 Å². The Bertz CT molecular complexity index is 73.9. The highest BCUT2D eigenvalue weighted by molar-refractivity contribution is 4.77. The summed E-state index contributed by atoms with van der Waals surface area (Å²) in [7, 11) is 0. The van der Waals surface area contributed by atoms with E-state index in [4.69, 9.17) is 10.5 Å². The Morgan fingerprint density at radius 2 is 1.50 bits per heavy atom. The van der Waals surface area contributed by atoms with E-state index in [1.807, 2.05) is 0 Å². The van der Waals surface area contributed by atoms with E-state index < -0.39 is 0 Å². The summed E-state index contributed by atoms with van der Waals surface area (Å²) >= 11 is 0. The van der Waals surface area contributed by atoms with Gasteiger partial charge >= 0.3 is 0 Å². The van der Waals surface area contributed by atoms with E-state index in [0.29, 0.717) is 0 Å². The van der Waals surface area contributed by atoms with Gasteiger partial charge in [-0.2, -0.15) is 10.5 Å². The Labute approximate surface area is 34.9 Å². The molecular formula is C2H3N3O. The molecule has 0 rings (SSSR count). The third kappa shape index (κ3) is 15.1. The summed E-state index contributed by atoms with van der Waals surface area (Å²) in [6.45, 7) is 0. The summed E-state index contributed by atoms with van der Waals surface area (Å²) in [5.41, 5.74) is 0. The zero-order valence-corrected chi connectivity index (χ0v) is 2.89. The zero-order valence-electron chi connectivity index (χ0n) is 2.89. The predicted molar refractivity (Wildman–Crippen MR) is 18.0 cm³/mol. The van der Waals surface area contributed by atoms with Gasteiger partial charge in [0.15, 0.2) is 12.4 Å². The van der Waals surface area contributed by atoms with Crippen molar-refractivity contribution in [1.29, 1.82) is 10.5 Å². The van der Waals surface area contributed by atoms with Crippen LogP contribution < -0.4 is 5.32 Å². The molecule has 0 aliphatic carbocycles. The second kappa shape index (κ2) is 9.27. The van der Waals surface area contributed by atoms with E-state index in [1.54, 1.807) is 5.32 Å². The summed E-state index contributed by atoms with van der Waals surface area (Å²) in [5.74, 6) is 0. The molecule has 4 nitrogen and oxygen atoms in total. The van der Waals surface area contributed by atoms with Crippen molar-refractivity contribution >= 4 is 0 Å². The van der Waals surface area contributed by atoms with Gasteiger partial charge in [-0.3, -0.25) is 0 Å². The summed E-state index contributed by atoms with van der Waals surface area (Å²) in [6.07, 6.45) is 2.81. The normalized spacial score (nSPS) is 3.00. The topological polar surface area (TPSA) is 91.1 Å². The molecule has 0 spiro atoms. The van der Waals surface area contributed by atoms with Gasteiger partial charge in [0.05, 0.1) is 0 Å². The Hall–Kier alpha value is -1.26. The monoisotopic (exact) mass is 85.0 g/mol. The van der Waals surface area contributed by atoms with E-state index >= 15 is 0 Å². The van der Waals surface area contributed by atoms with E-state index in [0.717, 1.165) is 0 Å². The first-order valence-corrected chi connectivity index (χ1v) is 0.947. The van der Waals surface area contributed by atoms with Gasteiger partial charge in [-0.1, -0.05) is 0 Å². The zero-order chi connectivity index (χ0) is 4.12. The molecule has 0 aromatic carbocycles. The first-order chi connectivity index (χ1) is 2.41. The quantitative estimate of drug-likeness (QED) is 0.293. The maximum atomic E-state index is 7.48. The first kappa shape index (κ1) is 8.83. The van der Waals surface area contributed by atoms with Crippen LogP contribution in [0.25, 0.3) is 0 Å². The highest BCUT2D eigenvalue weighted by Gasteiger charge is 1.53. The number of nitrogens with zero attached hydrogens (tertiary/aromatic N) is 2. The van der Waals surface area contributed by atoms with Crippen LogP contribution in [-0.4, -0.2) is 5.48 Å². The van der Waals surface area contributed by atoms with E-state index in [9.17, 15) is 0 Å². The van der Waals surface area contributed by atoms with Gasteiger partial charge in [-0.25, -0.2) is 5.32 Å². The minimum Gasteiger partial charge on any atom is -0.412 e. The van der Waals surface area contributed by atoms with Crippen LogP contribution in [0.1, 0.15) is 0 Å². The standard InChI is InChI=1S/C2HN3.H2O/c3-1-5-2-4;/h5H;1H2. The third-order valence-corrected chi connectivity index (χ3v) is 0.112. The van der Waals surface area contributed by atoms with Crippen LogP contribution in [0, 0.1) is 22.9 Å². The molecule has 0 unspecified atom stereocenters. The van der Waals surface area contributed by atoms with Gasteiger partial charge < -0.3 is 5.48 Å². The molecule has 0 saturated heterocycles. The van der Waals surface area contributed by atoms with Gasteiger partial charge in [0.25, 0.3) is 0 Å². The van der Waals surface area contributed by atoms with Crippen molar-refractivity contribution in [3.63, 3.8) is 0 Å². The molecular weight excluding hydrogens is 82.0 g/mol. The van der Waals surface area contributed by atoms with Crippen LogP contribution in [0.4, 0.5) is 0 Å². The van der Waals surface area contributed by atoms with Crippen LogP contribution in [0.5, 0.6) is 0 Å². The molecule has 0 fully saturated rings. The largest absolute Gasteiger partial charge is 0.412 e. The highest BCUT2D eigenvalue weighted by atomic mass is 16.0. The number of hydrogen-bond acceptors (Lipinski definition) is 3. The van der Waals surface area contributed by atoms with Crippen molar-refractivity contribution in [2.24, 2.45) is 0 Å². The fraction of sp³-hybridized carbons (Fsp3) is 0. The van der Waals surface area contributed by atoms with Crippen LogP contribution >= 0.6 is 0 Å². The number of hydrogen-bond donors (Lipinski definition) is 1. The average molecular weight is 85.1 g/mol. The van der Waals surface area contributed by atoms with Crippen LogP contribution in [-0.2, 0) is 0 Å². The van der Waals surface area contributed by atoms with Gasteiger partial charge in [0.1, 0.15) is 0 Å². The second-order valence-electron chi connectivity index (χ2n) is 0.349. The predicted octanol–water partition coefficient (Wildman–Crippen LogP) is -1.29. The lowest BCUT2D eigenvalue weighted by atomic mass is 11.2. The fourth-order valence-electron chi connectivity index (χ4n) is 0.0250. The smallest absolute Gasteiger partial charge is 0.190 e. The molecule has 0 atom stereocenters. The van der Waals surface area contributed by atoms with Crippen molar-refractivity contribution in [2.75, 3.05) is 0 Å². The van der Waals surface area contributed by atoms with Gasteiger partial charge in [-0.05, 0) is 0 Å². The summed E-state index contributed by atoms with van der Waals surface area (Å²) in [4.78, 5) is 0. The maximum absolute atomic E-state index is 7.48. The molecule has 6 heavy (non-hydrogen) atoms. The van der Waals surface area contributed by atoms with Crippen LogP contribution in [0.2, 0.25) is 0 Å². The van der Waals surface area contributed by atoms with Crippen molar-refractivity contribution in [2.45, 2.75) is 0 Å². The molecule has 0 radical (unpaired) electrons. The number of nitriles is 2. The lowest BCUT2D eigenvalue weighted by Crippen LogP contribution is -1.88. The van der Waals surface area contributed by atoms with Crippen molar-refractivity contribution in [1.82, 2.24) is 5.32 Å². The Morgan fingerprint density at radius 3 is 1.50 bits per heavy atom. The summed E-state index contributed by atoms with van der Waals surface area (Å²) in [6, 6.07) is 0. The van der Waals surface area contributed by atoms with Gasteiger partial charge in [0, 0.05) is 0 Å². The number of nitrogens with one attached hydrogen (secondary N) is 1. The van der Waals surface area contributed by atoms with Crippen LogP contribution in [0.3, 0.4) is 0 Å².